The van der Waals surface area contributed by atoms with Gasteiger partial charge in [-0.25, -0.2) is 0 Å². The fraction of sp³-hybridized carbons (Fsp3) is 1.00. The maximum Gasteiger partial charge on any atom is 0.191 e. The van der Waals surface area contributed by atoms with E-state index in [1.807, 2.05) is 0 Å². The molecular formula is C17H37NO2Si. The Kier molecular flexibility index (Phi) is 8.46. The van der Waals surface area contributed by atoms with E-state index < -0.39 is 8.32 Å². The van der Waals surface area contributed by atoms with E-state index in [2.05, 4.69) is 39.2 Å². The fourth-order valence-corrected chi connectivity index (χ4v) is 3.40. The lowest BCUT2D eigenvalue weighted by atomic mass is 10.1. The van der Waals surface area contributed by atoms with Crippen LogP contribution in [-0.2, 0) is 9.16 Å². The summed E-state index contributed by atoms with van der Waals surface area (Å²) in [6, 6.07) is 0. The predicted molar refractivity (Wildman–Crippen MR) is 93.5 cm³/mol. The zero-order valence-corrected chi connectivity index (χ0v) is 16.0. The summed E-state index contributed by atoms with van der Waals surface area (Å²) in [6.07, 6.45) is 7.80. The molecule has 0 aromatic heterocycles. The number of piperidine rings is 1. The molecule has 1 aliphatic heterocycles. The molecule has 126 valence electrons. The lowest BCUT2D eigenvalue weighted by molar-refractivity contribution is 0.0306. The molecule has 0 atom stereocenters. The van der Waals surface area contributed by atoms with Crippen molar-refractivity contribution in [3.8, 4) is 0 Å². The van der Waals surface area contributed by atoms with Crippen LogP contribution in [0.4, 0.5) is 0 Å². The molecule has 1 aliphatic rings. The summed E-state index contributed by atoms with van der Waals surface area (Å²) >= 11 is 0. The Morgan fingerprint density at radius 1 is 0.952 bits per heavy atom. The number of rotatable bonds is 9. The van der Waals surface area contributed by atoms with E-state index in [-0.39, 0.29) is 0 Å². The Morgan fingerprint density at radius 3 is 2.10 bits per heavy atom. The van der Waals surface area contributed by atoms with Crippen molar-refractivity contribution >= 4 is 8.32 Å². The van der Waals surface area contributed by atoms with Crippen LogP contribution in [0.5, 0.6) is 0 Å². The van der Waals surface area contributed by atoms with Crippen LogP contribution in [0.25, 0.3) is 0 Å². The Labute approximate surface area is 133 Å². The van der Waals surface area contributed by atoms with Gasteiger partial charge in [0, 0.05) is 13.2 Å². The van der Waals surface area contributed by atoms with E-state index in [0.717, 1.165) is 26.3 Å². The maximum absolute atomic E-state index is 6.20. The lowest BCUT2D eigenvalue weighted by Gasteiger charge is -2.36. The van der Waals surface area contributed by atoms with Gasteiger partial charge in [0.05, 0.1) is 6.10 Å². The normalized spacial score (nSPS) is 18.1. The fourth-order valence-electron chi connectivity index (χ4n) is 2.31. The largest absolute Gasteiger partial charge is 0.417 e. The summed E-state index contributed by atoms with van der Waals surface area (Å²) in [5.41, 5.74) is 0. The second-order valence-corrected chi connectivity index (χ2v) is 12.7. The van der Waals surface area contributed by atoms with Crippen molar-refractivity contribution in [2.75, 3.05) is 26.3 Å². The minimum absolute atomic E-state index is 0.329. The van der Waals surface area contributed by atoms with Crippen LogP contribution in [0.15, 0.2) is 0 Å². The number of ether oxygens (including phenoxy) is 1. The molecule has 0 bridgehead atoms. The number of nitrogens with one attached hydrogen (secondary N) is 1. The number of unbranched alkanes of at least 4 members (excludes halogenated alkanes) is 3. The molecule has 0 aromatic carbocycles. The molecule has 1 rings (SSSR count). The first kappa shape index (κ1) is 19.1. The van der Waals surface area contributed by atoms with Crippen LogP contribution in [0, 0.1) is 0 Å². The summed E-state index contributed by atoms with van der Waals surface area (Å²) in [6.45, 7) is 15.7. The molecule has 0 saturated carbocycles. The average Bonchev–Trinajstić information content (AvgIpc) is 2.41. The van der Waals surface area contributed by atoms with Crippen molar-refractivity contribution < 1.29 is 9.16 Å². The Morgan fingerprint density at radius 2 is 1.52 bits per heavy atom. The third-order valence-corrected chi connectivity index (χ3v) is 9.49. The first-order chi connectivity index (χ1) is 9.83. The molecule has 4 heteroatoms. The zero-order valence-electron chi connectivity index (χ0n) is 15.0. The van der Waals surface area contributed by atoms with Gasteiger partial charge in [0.15, 0.2) is 8.32 Å². The first-order valence-corrected chi connectivity index (χ1v) is 11.7. The molecule has 0 aromatic rings. The maximum atomic E-state index is 6.20. The second kappa shape index (κ2) is 9.28. The van der Waals surface area contributed by atoms with Crippen LogP contribution in [0.1, 0.15) is 59.3 Å². The van der Waals surface area contributed by atoms with Crippen LogP contribution in [0.3, 0.4) is 0 Å². The highest BCUT2D eigenvalue weighted by Crippen LogP contribution is 2.36. The second-order valence-electron chi connectivity index (χ2n) is 7.84. The zero-order chi connectivity index (χ0) is 15.8. The molecule has 21 heavy (non-hydrogen) atoms. The Balaban J connectivity index is 1.93. The highest BCUT2D eigenvalue weighted by molar-refractivity contribution is 6.74. The first-order valence-electron chi connectivity index (χ1n) is 8.79. The molecule has 1 heterocycles. The highest BCUT2D eigenvalue weighted by Gasteiger charge is 2.36. The topological polar surface area (TPSA) is 30.5 Å². The van der Waals surface area contributed by atoms with E-state index in [9.17, 15) is 0 Å². The quantitative estimate of drug-likeness (QED) is 0.507. The molecule has 1 fully saturated rings. The molecule has 3 nitrogen and oxygen atoms in total. The standard InChI is InChI=1S/C17H37NO2Si/c1-17(2,3)21(4,5)20-15-9-7-6-8-14-19-16-10-12-18-13-11-16/h16,18H,6-15H2,1-5H3. The molecule has 1 saturated heterocycles. The van der Waals surface area contributed by atoms with Crippen LogP contribution >= 0.6 is 0 Å². The van der Waals surface area contributed by atoms with E-state index in [1.54, 1.807) is 0 Å². The van der Waals surface area contributed by atoms with Crippen molar-refractivity contribution in [2.45, 2.75) is 83.5 Å². The third-order valence-electron chi connectivity index (χ3n) is 4.95. The molecule has 1 N–H and O–H groups in total. The molecule has 0 unspecified atom stereocenters. The van der Waals surface area contributed by atoms with Gasteiger partial charge in [-0.1, -0.05) is 33.6 Å². The van der Waals surface area contributed by atoms with Gasteiger partial charge in [-0.3, -0.25) is 0 Å². The van der Waals surface area contributed by atoms with E-state index in [1.165, 1.54) is 38.5 Å². The summed E-state index contributed by atoms with van der Waals surface area (Å²) < 4.78 is 12.1. The predicted octanol–water partition coefficient (Wildman–Crippen LogP) is 4.34. The summed E-state index contributed by atoms with van der Waals surface area (Å²) in [7, 11) is -1.53. The van der Waals surface area contributed by atoms with Crippen molar-refractivity contribution in [2.24, 2.45) is 0 Å². The van der Waals surface area contributed by atoms with Crippen molar-refractivity contribution in [3.63, 3.8) is 0 Å². The van der Waals surface area contributed by atoms with E-state index >= 15 is 0 Å². The van der Waals surface area contributed by atoms with Gasteiger partial charge in [0.25, 0.3) is 0 Å². The van der Waals surface area contributed by atoms with Crippen LogP contribution in [0.2, 0.25) is 18.1 Å². The van der Waals surface area contributed by atoms with Crippen LogP contribution < -0.4 is 5.32 Å². The molecular weight excluding hydrogens is 278 g/mol. The molecule has 0 amide bonds. The number of hydrogen-bond acceptors (Lipinski definition) is 3. The van der Waals surface area contributed by atoms with Crippen LogP contribution in [-0.4, -0.2) is 40.7 Å². The van der Waals surface area contributed by atoms with Gasteiger partial charge in [-0.15, -0.1) is 0 Å². The van der Waals surface area contributed by atoms with Crippen molar-refractivity contribution in [1.29, 1.82) is 0 Å². The molecule has 0 radical (unpaired) electrons. The van der Waals surface area contributed by atoms with Crippen molar-refractivity contribution in [1.82, 2.24) is 5.32 Å². The van der Waals surface area contributed by atoms with Gasteiger partial charge in [-0.2, -0.15) is 0 Å². The van der Waals surface area contributed by atoms with Gasteiger partial charge in [0.2, 0.25) is 0 Å². The summed E-state index contributed by atoms with van der Waals surface area (Å²) in [5, 5.41) is 3.70. The third kappa shape index (κ3) is 7.77. The smallest absolute Gasteiger partial charge is 0.191 e. The molecule has 0 aliphatic carbocycles. The molecule has 0 spiro atoms. The van der Waals surface area contributed by atoms with E-state index in [4.69, 9.17) is 9.16 Å². The average molecular weight is 316 g/mol. The van der Waals surface area contributed by atoms with Crippen molar-refractivity contribution in [3.05, 3.63) is 0 Å². The lowest BCUT2D eigenvalue weighted by Crippen LogP contribution is -2.40. The minimum Gasteiger partial charge on any atom is -0.417 e. The number of hydrogen-bond donors (Lipinski definition) is 1. The Bertz CT molecular complexity index is 270. The van der Waals surface area contributed by atoms with Gasteiger partial charge in [0.1, 0.15) is 0 Å². The summed E-state index contributed by atoms with van der Waals surface area (Å²) in [4.78, 5) is 0. The Hall–Kier alpha value is 0.0969. The monoisotopic (exact) mass is 315 g/mol. The highest BCUT2D eigenvalue weighted by atomic mass is 28.4. The van der Waals surface area contributed by atoms with E-state index in [0.29, 0.717) is 11.1 Å². The van der Waals surface area contributed by atoms with Gasteiger partial charge >= 0.3 is 0 Å². The minimum atomic E-state index is -1.53. The van der Waals surface area contributed by atoms with Gasteiger partial charge < -0.3 is 14.5 Å². The summed E-state index contributed by atoms with van der Waals surface area (Å²) in [5.74, 6) is 0. The SMILES string of the molecule is CC(C)(C)[Si](C)(C)OCCCCCCOC1CCNCC1. The van der Waals surface area contributed by atoms with Gasteiger partial charge in [-0.05, 0) is 56.9 Å².